The van der Waals surface area contributed by atoms with Crippen LogP contribution < -0.4 is 56.5 Å². The van der Waals surface area contributed by atoms with Crippen molar-refractivity contribution in [3.8, 4) is 0 Å². The molecule has 22 atom stereocenters. The van der Waals surface area contributed by atoms with Crippen LogP contribution in [-0.2, 0) is 62.2 Å². The standard InChI is InChI=1S/C27H34F2O7.C23H26F2O5.C21H24F2O4.C2H4O2.3CH4.K/c1-5-6-23(34)36-26(22(33)14-35-15(2)30)10-8-17-18-12-20(28)19-11-16(31)7-9-24(19,3)27(18,29)21(32)13-25(17,26)4;1-12(26)30-11-19(28)15-5-4-14-16-9-18(24)17-8-13(27)6-7-22(17,3)23(16,25)20(29)10-21(14,15)2;1-19-9-18(27)21(23)14(12(19)3-4-13(19)17(26)10-24)8-16(22)15-7-11(25)5-6-20(15,21)2;1-2(3)4;;;;/h7,9,11,17-18,20-21,32H,5-6,8,10,12-14H2,1-4H3;5-8,14,16,18,20,29H,4,9-11H2,1-3H3;4-7,12,14,16,18,24,27H,3,8-10H2,1-2H3;1H3,(H,3,4);3*1H4;/q;;;;;;;+1/p-1/t17-,18-,20-,21-,24-,25-,26-,27-;14-,16-,18-,20-,21-,22-,23-;12-,14-,16-,18-,19-,20-,21-;;;;;/m000...../s1. The number of ketones is 6. The number of aliphatic hydroxyl groups excluding tert-OH is 4. The SMILES string of the molecule is C.C.C.CC(=O)OCC(=O)C1=CC[C@H]2[C@@H]3C[C@H](F)C4=CC(=O)C=C[C@]4(C)[C@@]3(F)[C@@H](O)C[C@]12C.CC(=O)[O-].CCCC(=O)O[C@]1(C(=O)COC(C)=O)CC[C@H]2[C@@H]3C[C@H](F)C4=CC(=O)C=C[C@]4(C)[C@@]3(F)[C@@H](O)C[C@@]21C.C[C@]12C=CC(=O)C=C1[C@@H](F)C[C@H]1[C@@H]3CC=C(C(=O)CO)[C@@]3(C)C[C@H](O)[C@@]12F.[K+]. The van der Waals surface area contributed by atoms with Gasteiger partial charge in [-0.25, -0.2) is 26.3 Å². The van der Waals surface area contributed by atoms with Gasteiger partial charge < -0.3 is 44.5 Å². The van der Waals surface area contributed by atoms with E-state index in [-0.39, 0.29) is 177 Å². The fourth-order valence-corrected chi connectivity index (χ4v) is 20.4. The van der Waals surface area contributed by atoms with E-state index in [4.69, 9.17) is 24.1 Å². The number of halogens is 6. The van der Waals surface area contributed by atoms with Crippen LogP contribution in [0.5, 0.6) is 0 Å². The third-order valence-corrected chi connectivity index (χ3v) is 24.9. The van der Waals surface area contributed by atoms with E-state index in [1.807, 2.05) is 0 Å². The van der Waals surface area contributed by atoms with E-state index in [1.165, 1.54) is 50.3 Å². The number of alkyl halides is 6. The van der Waals surface area contributed by atoms with E-state index in [0.717, 1.165) is 32.1 Å². The zero-order chi connectivity index (χ0) is 72.1. The molecule has 0 aromatic heterocycles. The van der Waals surface area contributed by atoms with Gasteiger partial charge in [-0.15, -0.1) is 0 Å². The number of aliphatic hydroxyl groups is 4. The van der Waals surface area contributed by atoms with Crippen molar-refractivity contribution in [2.45, 2.75) is 228 Å². The fourth-order valence-electron chi connectivity index (χ4n) is 20.4. The van der Waals surface area contributed by atoms with Gasteiger partial charge in [0.1, 0.15) is 25.1 Å². The maximum atomic E-state index is 17.2. The Kier molecular flexibility index (Phi) is 26.3. The molecule has 0 heterocycles. The summed E-state index contributed by atoms with van der Waals surface area (Å²) in [5.74, 6) is -9.56. The Labute approximate surface area is 629 Å². The molecule has 0 saturated heterocycles. The molecule has 25 heteroatoms. The van der Waals surface area contributed by atoms with Crippen molar-refractivity contribution in [1.29, 1.82) is 0 Å². The Morgan fingerprint density at radius 1 is 0.554 bits per heavy atom. The number of hydrogen-bond donors (Lipinski definition) is 4. The average molecular weight is 1450 g/mol. The zero-order valence-electron chi connectivity index (χ0n) is 57.2. The number of carboxylic acid groups (broad SMARTS) is 1. The van der Waals surface area contributed by atoms with E-state index in [0.29, 0.717) is 30.4 Å². The van der Waals surface area contributed by atoms with Gasteiger partial charge in [-0.1, -0.05) is 80.4 Å². The third-order valence-electron chi connectivity index (χ3n) is 24.9. The number of hydrogen-bond acceptors (Lipinski definition) is 18. The molecule has 0 unspecified atom stereocenters. The normalized spacial score (nSPS) is 41.7. The van der Waals surface area contributed by atoms with Crippen LogP contribution in [0.2, 0.25) is 0 Å². The number of carbonyl (C=O) groups excluding carboxylic acids is 10. The molecule has 7 saturated carbocycles. The Bertz CT molecular complexity index is 3610. The summed E-state index contributed by atoms with van der Waals surface area (Å²) in [5.41, 5.74) is -14.6. The summed E-state index contributed by atoms with van der Waals surface area (Å²) in [4.78, 5) is 118. The van der Waals surface area contributed by atoms with Gasteiger partial charge >= 0.3 is 69.3 Å². The number of fused-ring (bicyclic) bond motifs is 15. The van der Waals surface area contributed by atoms with Gasteiger partial charge in [-0.05, 0) is 175 Å². The minimum Gasteiger partial charge on any atom is -0.550 e. The van der Waals surface area contributed by atoms with Crippen LogP contribution in [0.1, 0.15) is 169 Å². The van der Waals surface area contributed by atoms with Crippen molar-refractivity contribution < 1.29 is 165 Å². The first kappa shape index (κ1) is 86.5. The third kappa shape index (κ3) is 13.5. The number of allylic oxidation sites excluding steroid dienone is 14. The molecule has 12 rings (SSSR count). The predicted octanol–water partition coefficient (Wildman–Crippen LogP) is 6.56. The van der Waals surface area contributed by atoms with Crippen LogP contribution in [-0.4, -0.2) is 158 Å². The quantitative estimate of drug-likeness (QED) is 0.0736. The fraction of sp³-hybridized carbons (Fsp3) is 0.658. The monoisotopic (exact) mass is 1450 g/mol. The largest absolute Gasteiger partial charge is 1.00 e. The van der Waals surface area contributed by atoms with E-state index in [1.54, 1.807) is 53.7 Å². The molecule has 0 radical (unpaired) electrons. The van der Waals surface area contributed by atoms with Crippen molar-refractivity contribution in [3.05, 3.63) is 94.7 Å². The maximum absolute atomic E-state index is 17.2. The number of esters is 3. The number of carboxylic acids is 1. The van der Waals surface area contributed by atoms with Gasteiger partial charge in [0, 0.05) is 82.1 Å². The van der Waals surface area contributed by atoms with Gasteiger partial charge in [0.25, 0.3) is 0 Å². The van der Waals surface area contributed by atoms with E-state index in [9.17, 15) is 63.6 Å². The molecule has 0 bridgehead atoms. The van der Waals surface area contributed by atoms with Gasteiger partial charge in [0.15, 0.2) is 64.7 Å². The van der Waals surface area contributed by atoms with Gasteiger partial charge in [-0.2, -0.15) is 0 Å². The van der Waals surface area contributed by atoms with Gasteiger partial charge in [-0.3, -0.25) is 43.2 Å². The molecule has 4 N–H and O–H groups in total. The summed E-state index contributed by atoms with van der Waals surface area (Å²) in [5, 5.41) is 51.6. The average Bonchev–Trinajstić information content (AvgIpc) is 1.69. The number of Topliss-reactive ketones (excluding diaryl/α,β-unsaturated/α-hetero) is 3. The molecule has 18 nitrogen and oxygen atoms in total. The van der Waals surface area contributed by atoms with Crippen molar-refractivity contribution in [2.75, 3.05) is 19.8 Å². The van der Waals surface area contributed by atoms with Crippen LogP contribution in [0.15, 0.2) is 94.7 Å². The van der Waals surface area contributed by atoms with Crippen LogP contribution >= 0.6 is 0 Å². The van der Waals surface area contributed by atoms with Crippen molar-refractivity contribution >= 4 is 58.6 Å². The Morgan fingerprint density at radius 3 is 1.26 bits per heavy atom. The van der Waals surface area contributed by atoms with Crippen LogP contribution in [0, 0.1) is 68.0 Å². The smallest absolute Gasteiger partial charge is 0.550 e. The predicted molar refractivity (Wildman–Crippen MR) is 353 cm³/mol. The van der Waals surface area contributed by atoms with Gasteiger partial charge in [0.2, 0.25) is 5.78 Å². The van der Waals surface area contributed by atoms with Crippen molar-refractivity contribution in [2.24, 2.45) is 68.0 Å². The summed E-state index contributed by atoms with van der Waals surface area (Å²) in [6.45, 7) is 13.3. The molecule has 0 aliphatic heterocycles. The molecule has 7 fully saturated rings. The maximum Gasteiger partial charge on any atom is 1.00 e. The van der Waals surface area contributed by atoms with Crippen molar-refractivity contribution in [3.63, 3.8) is 0 Å². The molecule has 12 aliphatic carbocycles. The zero-order valence-corrected chi connectivity index (χ0v) is 60.3. The second-order valence-corrected chi connectivity index (χ2v) is 29.9. The first-order chi connectivity index (χ1) is 45.0. The van der Waals surface area contributed by atoms with E-state index >= 15 is 26.3 Å². The second kappa shape index (κ2) is 30.8. The Morgan fingerprint density at radius 2 is 0.901 bits per heavy atom. The number of ether oxygens (including phenoxy) is 3. The molecule has 0 spiro atoms. The molecule has 0 amide bonds. The van der Waals surface area contributed by atoms with Crippen LogP contribution in [0.4, 0.5) is 26.3 Å². The summed E-state index contributed by atoms with van der Waals surface area (Å²) in [6.07, 6.45) is 6.45. The molecular formula is C76H99F6KO18. The number of rotatable bonds is 11. The van der Waals surface area contributed by atoms with E-state index < -0.39 is 177 Å². The molecule has 101 heavy (non-hydrogen) atoms. The van der Waals surface area contributed by atoms with E-state index in [2.05, 4.69) is 0 Å². The molecule has 0 aromatic carbocycles. The Balaban J connectivity index is 0.000000263. The first-order valence-electron chi connectivity index (χ1n) is 33.2. The Hall–Kier alpha value is -5.12. The number of carbonyl (C=O) groups is 10. The minimum atomic E-state index is -2.30. The first-order valence-corrected chi connectivity index (χ1v) is 33.2. The van der Waals surface area contributed by atoms with Crippen molar-refractivity contribution in [1.82, 2.24) is 0 Å². The molecule has 554 valence electrons. The number of aliphatic carboxylic acids is 1. The molecule has 0 aromatic rings. The topological polar surface area (TPSA) is 302 Å². The second-order valence-electron chi connectivity index (χ2n) is 29.9. The summed E-state index contributed by atoms with van der Waals surface area (Å²) >= 11 is 0. The summed E-state index contributed by atoms with van der Waals surface area (Å²) < 4.78 is 112. The summed E-state index contributed by atoms with van der Waals surface area (Å²) in [7, 11) is 0. The van der Waals surface area contributed by atoms with Crippen LogP contribution in [0.25, 0.3) is 0 Å². The minimum absolute atomic E-state index is 0. The molecule has 12 aliphatic rings. The molecular weight excluding hydrogens is 1350 g/mol. The van der Waals surface area contributed by atoms with Gasteiger partial charge in [0.05, 0.1) is 18.3 Å². The van der Waals surface area contributed by atoms with Crippen LogP contribution in [0.3, 0.4) is 0 Å². The summed E-state index contributed by atoms with van der Waals surface area (Å²) in [6, 6.07) is 0.